The van der Waals surface area contributed by atoms with Gasteiger partial charge in [-0.05, 0) is 35.3 Å². The number of aromatic nitrogens is 2. The maximum atomic E-state index is 12.3. The van der Waals surface area contributed by atoms with Gasteiger partial charge in [-0.3, -0.25) is 4.79 Å². The van der Waals surface area contributed by atoms with Crippen molar-refractivity contribution in [1.29, 1.82) is 0 Å². The summed E-state index contributed by atoms with van der Waals surface area (Å²) in [6, 6.07) is 16.0. The second kappa shape index (κ2) is 8.27. The third-order valence-electron chi connectivity index (χ3n) is 5.06. The molecule has 0 fully saturated rings. The fourth-order valence-electron chi connectivity index (χ4n) is 3.61. The molecule has 0 radical (unpaired) electrons. The number of benzene rings is 2. The highest BCUT2D eigenvalue weighted by molar-refractivity contribution is 5.96. The van der Waals surface area contributed by atoms with E-state index in [1.165, 1.54) is 5.56 Å². The lowest BCUT2D eigenvalue weighted by atomic mass is 9.88. The van der Waals surface area contributed by atoms with Crippen LogP contribution in [0.5, 0.6) is 5.75 Å². The summed E-state index contributed by atoms with van der Waals surface area (Å²) in [5.74, 6) is 1.54. The third-order valence-corrected chi connectivity index (χ3v) is 5.06. The number of ketones is 1. The van der Waals surface area contributed by atoms with Crippen LogP contribution < -0.4 is 10.1 Å². The first-order valence-electron chi connectivity index (χ1n) is 9.66. The van der Waals surface area contributed by atoms with Crippen molar-refractivity contribution in [2.45, 2.75) is 19.3 Å². The first-order valence-corrected chi connectivity index (χ1v) is 9.66. The Morgan fingerprint density at radius 3 is 2.76 bits per heavy atom. The monoisotopic (exact) mass is 385 g/mol. The third kappa shape index (κ3) is 4.19. The summed E-state index contributed by atoms with van der Waals surface area (Å²) in [5.41, 5.74) is 5.64. The van der Waals surface area contributed by atoms with E-state index in [1.807, 2.05) is 42.5 Å². The number of anilines is 1. The Bertz CT molecular complexity index is 1080. The molecule has 4 rings (SSSR count). The van der Waals surface area contributed by atoms with Crippen LogP contribution in [0.3, 0.4) is 0 Å². The number of hydrogen-bond donors (Lipinski definition) is 1. The first kappa shape index (κ1) is 18.9. The van der Waals surface area contributed by atoms with Crippen LogP contribution >= 0.6 is 0 Å². The van der Waals surface area contributed by atoms with Gasteiger partial charge in [-0.15, -0.1) is 0 Å². The number of fused-ring (bicyclic) bond motifs is 3. The zero-order valence-corrected chi connectivity index (χ0v) is 16.4. The molecule has 5 nitrogen and oxygen atoms in total. The number of hydrogen-bond acceptors (Lipinski definition) is 5. The summed E-state index contributed by atoms with van der Waals surface area (Å²) in [4.78, 5) is 21.5. The molecular weight excluding hydrogens is 362 g/mol. The summed E-state index contributed by atoms with van der Waals surface area (Å²) >= 11 is 0. The van der Waals surface area contributed by atoms with Gasteiger partial charge in [0, 0.05) is 36.7 Å². The maximum absolute atomic E-state index is 12.3. The van der Waals surface area contributed by atoms with Crippen LogP contribution in [-0.4, -0.2) is 29.4 Å². The summed E-state index contributed by atoms with van der Waals surface area (Å²) in [5, 5.41) is 3.30. The minimum atomic E-state index is 0.132. The van der Waals surface area contributed by atoms with E-state index in [0.29, 0.717) is 25.3 Å². The van der Waals surface area contributed by atoms with Gasteiger partial charge in [0.15, 0.2) is 0 Å². The molecule has 0 amide bonds. The van der Waals surface area contributed by atoms with Crippen LogP contribution in [0.2, 0.25) is 0 Å². The molecule has 0 unspecified atom stereocenters. The van der Waals surface area contributed by atoms with E-state index in [2.05, 4.69) is 22.9 Å². The van der Waals surface area contributed by atoms with Crippen molar-refractivity contribution in [1.82, 2.24) is 9.97 Å². The molecule has 0 saturated heterocycles. The molecule has 1 heterocycles. The molecule has 1 aliphatic carbocycles. The molecule has 0 bridgehead atoms. The largest absolute Gasteiger partial charge is 0.497 e. The number of Topliss-reactive ketones (excluding diaryl/α,β-unsaturated/α-hetero) is 1. The van der Waals surface area contributed by atoms with E-state index in [1.54, 1.807) is 13.3 Å². The summed E-state index contributed by atoms with van der Waals surface area (Å²) in [6.07, 6.45) is 3.27. The van der Waals surface area contributed by atoms with E-state index in [9.17, 15) is 4.79 Å². The molecule has 146 valence electrons. The molecule has 1 aromatic heterocycles. The van der Waals surface area contributed by atoms with E-state index in [4.69, 9.17) is 9.72 Å². The van der Waals surface area contributed by atoms with E-state index >= 15 is 0 Å². The zero-order valence-electron chi connectivity index (χ0n) is 16.4. The highest BCUT2D eigenvalue weighted by atomic mass is 16.5. The van der Waals surface area contributed by atoms with Crippen molar-refractivity contribution in [2.24, 2.45) is 0 Å². The van der Waals surface area contributed by atoms with Crippen molar-refractivity contribution >= 4 is 17.3 Å². The second-order valence-electron chi connectivity index (χ2n) is 7.14. The molecule has 1 aliphatic rings. The van der Waals surface area contributed by atoms with Crippen molar-refractivity contribution in [3.63, 3.8) is 0 Å². The summed E-state index contributed by atoms with van der Waals surface area (Å²) in [7, 11) is 1.67. The van der Waals surface area contributed by atoms with E-state index in [0.717, 1.165) is 40.1 Å². The van der Waals surface area contributed by atoms with Crippen LogP contribution in [-0.2, 0) is 17.6 Å². The van der Waals surface area contributed by atoms with Crippen molar-refractivity contribution in [2.75, 3.05) is 19.0 Å². The van der Waals surface area contributed by atoms with E-state index < -0.39 is 0 Å². The SMILES string of the molecule is C=C1CC(=O)Cc2cnc(NCCc3cccc(OC)c3)nc2-c2ccccc21. The molecule has 3 aromatic rings. The van der Waals surface area contributed by atoms with Crippen LogP contribution in [0.1, 0.15) is 23.1 Å². The predicted molar refractivity (Wildman–Crippen MR) is 115 cm³/mol. The zero-order chi connectivity index (χ0) is 20.2. The van der Waals surface area contributed by atoms with Gasteiger partial charge in [0.2, 0.25) is 5.95 Å². The van der Waals surface area contributed by atoms with Crippen molar-refractivity contribution in [3.05, 3.63) is 78.0 Å². The topological polar surface area (TPSA) is 64.1 Å². The van der Waals surface area contributed by atoms with Crippen molar-refractivity contribution in [3.8, 4) is 17.0 Å². The number of allylic oxidation sites excluding steroid dienone is 1. The second-order valence-corrected chi connectivity index (χ2v) is 7.14. The van der Waals surface area contributed by atoms with Gasteiger partial charge in [-0.2, -0.15) is 0 Å². The van der Waals surface area contributed by atoms with Gasteiger partial charge in [0.05, 0.1) is 12.8 Å². The fraction of sp³-hybridized carbons (Fsp3) is 0.208. The summed E-state index contributed by atoms with van der Waals surface area (Å²) < 4.78 is 5.27. The van der Waals surface area contributed by atoms with Gasteiger partial charge in [0.1, 0.15) is 11.5 Å². The number of carbonyl (C=O) groups excluding carboxylic acids is 1. The lowest BCUT2D eigenvalue weighted by Crippen LogP contribution is -2.13. The fourth-order valence-corrected chi connectivity index (χ4v) is 3.61. The molecule has 1 N–H and O–H groups in total. The van der Waals surface area contributed by atoms with Crippen LogP contribution in [0, 0.1) is 0 Å². The highest BCUT2D eigenvalue weighted by Crippen LogP contribution is 2.34. The number of nitrogens with one attached hydrogen (secondary N) is 1. The number of ether oxygens (including phenoxy) is 1. The Hall–Kier alpha value is -3.47. The van der Waals surface area contributed by atoms with E-state index in [-0.39, 0.29) is 5.78 Å². The van der Waals surface area contributed by atoms with Crippen LogP contribution in [0.15, 0.2) is 61.3 Å². The van der Waals surface area contributed by atoms with Gasteiger partial charge < -0.3 is 10.1 Å². The Balaban J connectivity index is 1.58. The highest BCUT2D eigenvalue weighted by Gasteiger charge is 2.21. The average Bonchev–Trinajstić information content (AvgIpc) is 2.74. The Morgan fingerprint density at radius 1 is 1.10 bits per heavy atom. The first-order chi connectivity index (χ1) is 14.1. The molecular formula is C24H23N3O2. The smallest absolute Gasteiger partial charge is 0.223 e. The minimum absolute atomic E-state index is 0.132. The predicted octanol–water partition coefficient (Wildman–Crippen LogP) is 4.34. The summed E-state index contributed by atoms with van der Waals surface area (Å²) in [6.45, 7) is 4.80. The van der Waals surface area contributed by atoms with Gasteiger partial charge in [-0.1, -0.05) is 43.0 Å². The minimum Gasteiger partial charge on any atom is -0.497 e. The lowest BCUT2D eigenvalue weighted by molar-refractivity contribution is -0.117. The maximum Gasteiger partial charge on any atom is 0.223 e. The van der Waals surface area contributed by atoms with Crippen molar-refractivity contribution < 1.29 is 9.53 Å². The van der Waals surface area contributed by atoms with Gasteiger partial charge >= 0.3 is 0 Å². The normalized spacial score (nSPS) is 13.1. The number of rotatable bonds is 5. The Labute approximate surface area is 170 Å². The quantitative estimate of drug-likeness (QED) is 0.708. The molecule has 0 spiro atoms. The molecule has 29 heavy (non-hydrogen) atoms. The molecule has 2 aromatic carbocycles. The van der Waals surface area contributed by atoms with Gasteiger partial charge in [-0.25, -0.2) is 9.97 Å². The molecule has 0 aliphatic heterocycles. The molecule has 5 heteroatoms. The average molecular weight is 385 g/mol. The lowest BCUT2D eigenvalue weighted by Gasteiger charge is -2.18. The Morgan fingerprint density at radius 2 is 1.93 bits per heavy atom. The molecule has 0 atom stereocenters. The van der Waals surface area contributed by atoms with Crippen LogP contribution in [0.25, 0.3) is 16.8 Å². The molecule has 0 saturated carbocycles. The number of nitrogens with zero attached hydrogens (tertiary/aromatic N) is 2. The Kier molecular flexibility index (Phi) is 5.38. The van der Waals surface area contributed by atoms with Gasteiger partial charge in [0.25, 0.3) is 0 Å². The van der Waals surface area contributed by atoms with Crippen LogP contribution in [0.4, 0.5) is 5.95 Å². The number of methoxy groups -OCH3 is 1. The number of carbonyl (C=O) groups is 1. The standard InChI is InChI=1S/C24H23N3O2/c1-16-12-19(28)14-18-15-26-24(27-23(18)22-9-4-3-8-21(16)22)25-11-10-17-6-5-7-20(13-17)29-2/h3-9,13,15H,1,10-12,14H2,2H3,(H,25,26,27).